The molecule has 0 aliphatic rings. The van der Waals surface area contributed by atoms with E-state index in [0.717, 1.165) is 5.56 Å². The summed E-state index contributed by atoms with van der Waals surface area (Å²) in [4.78, 5) is 22.8. The number of amides is 1. The van der Waals surface area contributed by atoms with Gasteiger partial charge in [-0.25, -0.2) is 4.79 Å². The number of hydrogen-bond donors (Lipinski definition) is 2. The molecule has 2 aromatic rings. The topological polar surface area (TPSA) is 99.4 Å². The van der Waals surface area contributed by atoms with Gasteiger partial charge in [-0.2, -0.15) is 5.26 Å². The van der Waals surface area contributed by atoms with Gasteiger partial charge in [-0.1, -0.05) is 41.9 Å². The van der Waals surface area contributed by atoms with Crippen molar-refractivity contribution in [3.63, 3.8) is 0 Å². The van der Waals surface area contributed by atoms with E-state index in [2.05, 4.69) is 21.2 Å². The number of carboxylic acid groups (broad SMARTS) is 1. The van der Waals surface area contributed by atoms with Crippen LogP contribution in [0.25, 0.3) is 6.08 Å². The molecular formula is C19H14BrClN2O4. The molecular weight excluding hydrogens is 436 g/mol. The number of aliphatic carboxylic acids is 1. The number of carbonyl (C=O) groups is 2. The second-order valence-electron chi connectivity index (χ2n) is 5.33. The van der Waals surface area contributed by atoms with Crippen LogP contribution >= 0.6 is 27.5 Å². The predicted octanol–water partition coefficient (Wildman–Crippen LogP) is 3.79. The summed E-state index contributed by atoms with van der Waals surface area (Å²) in [7, 11) is 0. The highest BCUT2D eigenvalue weighted by atomic mass is 79.9. The number of nitrogens with one attached hydrogen (secondary N) is 1. The lowest BCUT2D eigenvalue weighted by Crippen LogP contribution is -2.23. The summed E-state index contributed by atoms with van der Waals surface area (Å²) in [6.45, 7) is -0.246. The minimum Gasteiger partial charge on any atom is -0.479 e. The molecule has 1 amide bonds. The lowest BCUT2D eigenvalue weighted by molar-refractivity contribution is -0.139. The van der Waals surface area contributed by atoms with Crippen molar-refractivity contribution in [1.29, 1.82) is 5.26 Å². The number of hydrogen-bond acceptors (Lipinski definition) is 4. The monoisotopic (exact) mass is 448 g/mol. The fraction of sp³-hybridized carbons (Fsp3) is 0.105. The van der Waals surface area contributed by atoms with Gasteiger partial charge in [0.05, 0.1) is 9.50 Å². The molecule has 2 aromatic carbocycles. The fourth-order valence-electron chi connectivity index (χ4n) is 2.12. The summed E-state index contributed by atoms with van der Waals surface area (Å²) in [6, 6.07) is 14.2. The van der Waals surface area contributed by atoms with Crippen LogP contribution in [-0.2, 0) is 16.1 Å². The van der Waals surface area contributed by atoms with E-state index in [-0.39, 0.29) is 16.3 Å². The second-order valence-corrected chi connectivity index (χ2v) is 6.60. The van der Waals surface area contributed by atoms with Crippen molar-refractivity contribution < 1.29 is 19.4 Å². The normalized spacial score (nSPS) is 10.8. The third kappa shape index (κ3) is 6.13. The average Bonchev–Trinajstić information content (AvgIpc) is 2.64. The molecule has 0 saturated heterocycles. The number of benzene rings is 2. The van der Waals surface area contributed by atoms with E-state index in [0.29, 0.717) is 16.6 Å². The van der Waals surface area contributed by atoms with Gasteiger partial charge in [0.2, 0.25) is 0 Å². The highest BCUT2D eigenvalue weighted by molar-refractivity contribution is 9.10. The van der Waals surface area contributed by atoms with Crippen LogP contribution in [0.15, 0.2) is 52.5 Å². The van der Waals surface area contributed by atoms with E-state index >= 15 is 0 Å². The molecule has 0 atom stereocenters. The summed E-state index contributed by atoms with van der Waals surface area (Å²) in [5, 5.41) is 20.8. The summed E-state index contributed by atoms with van der Waals surface area (Å²) >= 11 is 9.35. The van der Waals surface area contributed by atoms with Crippen molar-refractivity contribution in [3.8, 4) is 11.8 Å². The molecule has 0 aromatic heterocycles. The van der Waals surface area contributed by atoms with Crippen LogP contribution in [0.4, 0.5) is 0 Å². The predicted molar refractivity (Wildman–Crippen MR) is 104 cm³/mol. The molecule has 0 heterocycles. The van der Waals surface area contributed by atoms with Gasteiger partial charge in [0.25, 0.3) is 5.91 Å². The van der Waals surface area contributed by atoms with Gasteiger partial charge in [0, 0.05) is 6.54 Å². The minimum absolute atomic E-state index is 0.0897. The number of ether oxygens (including phenoxy) is 1. The molecule has 0 unspecified atom stereocenters. The Morgan fingerprint density at radius 2 is 2.00 bits per heavy atom. The first-order chi connectivity index (χ1) is 12.9. The highest BCUT2D eigenvalue weighted by Gasteiger charge is 2.13. The number of rotatable bonds is 7. The van der Waals surface area contributed by atoms with E-state index in [9.17, 15) is 14.9 Å². The maximum Gasteiger partial charge on any atom is 0.341 e. The zero-order valence-corrected chi connectivity index (χ0v) is 16.3. The van der Waals surface area contributed by atoms with Gasteiger partial charge in [0.15, 0.2) is 12.4 Å². The highest BCUT2D eigenvalue weighted by Crippen LogP contribution is 2.35. The number of nitrogens with zero attached hydrogens (tertiary/aromatic N) is 1. The van der Waals surface area contributed by atoms with E-state index < -0.39 is 18.5 Å². The third-order valence-electron chi connectivity index (χ3n) is 3.33. The maximum absolute atomic E-state index is 12.2. The van der Waals surface area contributed by atoms with Crippen LogP contribution in [0, 0.1) is 11.3 Å². The third-order valence-corrected chi connectivity index (χ3v) is 4.20. The molecule has 2 rings (SSSR count). The molecule has 27 heavy (non-hydrogen) atoms. The van der Waals surface area contributed by atoms with E-state index in [1.807, 2.05) is 36.4 Å². The Balaban J connectivity index is 2.15. The van der Waals surface area contributed by atoms with E-state index in [1.165, 1.54) is 12.1 Å². The summed E-state index contributed by atoms with van der Waals surface area (Å²) in [6.07, 6.45) is 1.39. The largest absolute Gasteiger partial charge is 0.479 e. The van der Waals surface area contributed by atoms with Crippen LogP contribution in [0.1, 0.15) is 11.1 Å². The zero-order valence-electron chi connectivity index (χ0n) is 13.9. The minimum atomic E-state index is -1.14. The number of halogens is 2. The Hall–Kier alpha value is -2.82. The molecule has 0 aliphatic heterocycles. The Kier molecular flexibility index (Phi) is 7.41. The Morgan fingerprint density at radius 1 is 1.30 bits per heavy atom. The van der Waals surface area contributed by atoms with E-state index in [1.54, 1.807) is 6.07 Å². The van der Waals surface area contributed by atoms with Crippen molar-refractivity contribution in [1.82, 2.24) is 5.32 Å². The van der Waals surface area contributed by atoms with Gasteiger partial charge in [-0.3, -0.25) is 4.79 Å². The molecule has 0 radical (unpaired) electrons. The van der Waals surface area contributed by atoms with Crippen molar-refractivity contribution in [2.24, 2.45) is 0 Å². The maximum atomic E-state index is 12.2. The lowest BCUT2D eigenvalue weighted by atomic mass is 10.1. The molecule has 8 heteroatoms. The molecule has 0 saturated carbocycles. The Bertz CT molecular complexity index is 900. The molecule has 0 aliphatic carbocycles. The van der Waals surface area contributed by atoms with Gasteiger partial charge < -0.3 is 15.2 Å². The number of nitriles is 1. The summed E-state index contributed by atoms with van der Waals surface area (Å²) in [5.74, 6) is -1.48. The molecule has 2 N–H and O–H groups in total. The average molecular weight is 450 g/mol. The second kappa shape index (κ2) is 9.76. The van der Waals surface area contributed by atoms with Crippen LogP contribution < -0.4 is 10.1 Å². The Labute approximate surface area is 169 Å². The summed E-state index contributed by atoms with van der Waals surface area (Å²) in [5.41, 5.74) is 1.31. The SMILES string of the molecule is N#C/C(=C/c1cc(Cl)c(OCC(=O)O)c(Br)c1)C(=O)NCc1ccccc1. The van der Waals surface area contributed by atoms with Crippen LogP contribution in [0.3, 0.4) is 0 Å². The standard InChI is InChI=1S/C19H14BrClN2O4/c20-15-7-13(8-16(21)18(15)27-11-17(24)25)6-14(9-22)19(26)23-10-12-4-2-1-3-5-12/h1-8H,10-11H2,(H,23,26)(H,24,25)/b14-6-. The zero-order chi connectivity index (χ0) is 19.8. The van der Waals surface area contributed by atoms with Gasteiger partial charge in [0.1, 0.15) is 11.6 Å². The smallest absolute Gasteiger partial charge is 0.341 e. The van der Waals surface area contributed by atoms with Gasteiger partial charge >= 0.3 is 5.97 Å². The van der Waals surface area contributed by atoms with Crippen LogP contribution in [0.2, 0.25) is 5.02 Å². The molecule has 138 valence electrons. The van der Waals surface area contributed by atoms with Gasteiger partial charge in [-0.05, 0) is 45.3 Å². The summed E-state index contributed by atoms with van der Waals surface area (Å²) < 4.78 is 5.51. The fourth-order valence-corrected chi connectivity index (χ4v) is 3.11. The van der Waals surface area contributed by atoms with Crippen molar-refractivity contribution in [2.75, 3.05) is 6.61 Å². The van der Waals surface area contributed by atoms with Gasteiger partial charge in [-0.15, -0.1) is 0 Å². The first-order valence-electron chi connectivity index (χ1n) is 7.68. The van der Waals surface area contributed by atoms with Crippen LogP contribution in [0.5, 0.6) is 5.75 Å². The molecule has 0 spiro atoms. The van der Waals surface area contributed by atoms with Crippen molar-refractivity contribution in [3.05, 3.63) is 68.7 Å². The van der Waals surface area contributed by atoms with Crippen molar-refractivity contribution >= 4 is 45.5 Å². The number of carboxylic acids is 1. The molecule has 6 nitrogen and oxygen atoms in total. The van der Waals surface area contributed by atoms with Crippen molar-refractivity contribution in [2.45, 2.75) is 6.54 Å². The lowest BCUT2D eigenvalue weighted by Gasteiger charge is -2.09. The van der Waals surface area contributed by atoms with Crippen LogP contribution in [-0.4, -0.2) is 23.6 Å². The Morgan fingerprint density at radius 3 is 2.59 bits per heavy atom. The van der Waals surface area contributed by atoms with E-state index in [4.69, 9.17) is 21.4 Å². The molecule has 0 bridgehead atoms. The first-order valence-corrected chi connectivity index (χ1v) is 8.85. The molecule has 0 fully saturated rings. The first kappa shape index (κ1) is 20.5. The quantitative estimate of drug-likeness (QED) is 0.495. The number of carbonyl (C=O) groups excluding carboxylic acids is 1.